The highest BCUT2D eigenvalue weighted by Crippen LogP contribution is 2.23. The van der Waals surface area contributed by atoms with Crippen LogP contribution in [0.2, 0.25) is 0 Å². The second kappa shape index (κ2) is 6.05. The number of carboxylic acids is 1. The van der Waals surface area contributed by atoms with Gasteiger partial charge in [0, 0.05) is 11.4 Å². The maximum atomic E-state index is 11.5. The third-order valence-corrected chi connectivity index (χ3v) is 5.22. The summed E-state index contributed by atoms with van der Waals surface area (Å²) in [7, 11) is -2.97. The number of benzene rings is 1. The summed E-state index contributed by atoms with van der Waals surface area (Å²) in [6.45, 7) is 0. The van der Waals surface area contributed by atoms with Crippen LogP contribution < -0.4 is 5.32 Å². The first-order valence-electron chi connectivity index (χ1n) is 6.40. The molecule has 1 saturated heterocycles. The Morgan fingerprint density at radius 3 is 2.73 bits per heavy atom. The van der Waals surface area contributed by atoms with Crippen LogP contribution in [0.5, 0.6) is 0 Å². The van der Waals surface area contributed by atoms with Crippen molar-refractivity contribution in [2.45, 2.75) is 12.5 Å². The summed E-state index contributed by atoms with van der Waals surface area (Å²) in [6.07, 6.45) is 1.88. The number of nitrogens with zero attached hydrogens (tertiary/aromatic N) is 2. The van der Waals surface area contributed by atoms with Crippen LogP contribution in [0.25, 0.3) is 10.9 Å². The van der Waals surface area contributed by atoms with Crippen LogP contribution in [0.3, 0.4) is 0 Å². The molecule has 2 heterocycles. The summed E-state index contributed by atoms with van der Waals surface area (Å²) in [5.74, 6) is -0.228. The standard InChI is InChI=1S/C13H13N3O4S.ClH/c17-13(18)8-1-2-10-11(5-8)14-7-15-12(10)16-9-3-4-21(19,20)6-9;/h1-2,5,7,9H,3-4,6H2,(H,17,18)(H,14,15,16);1H. The highest BCUT2D eigenvalue weighted by Gasteiger charge is 2.28. The summed E-state index contributed by atoms with van der Waals surface area (Å²) < 4.78 is 23.0. The van der Waals surface area contributed by atoms with E-state index in [0.717, 1.165) is 0 Å². The van der Waals surface area contributed by atoms with Crippen molar-refractivity contribution >= 4 is 44.9 Å². The van der Waals surface area contributed by atoms with Crippen LogP contribution in [-0.4, -0.2) is 47.0 Å². The lowest BCUT2D eigenvalue weighted by atomic mass is 10.1. The van der Waals surface area contributed by atoms with E-state index < -0.39 is 15.8 Å². The number of sulfone groups is 1. The van der Waals surface area contributed by atoms with Crippen molar-refractivity contribution in [3.8, 4) is 0 Å². The molecule has 1 aliphatic heterocycles. The maximum absolute atomic E-state index is 11.5. The normalized spacial score (nSPS) is 19.5. The van der Waals surface area contributed by atoms with Crippen molar-refractivity contribution in [3.05, 3.63) is 30.1 Å². The van der Waals surface area contributed by atoms with Crippen molar-refractivity contribution in [2.24, 2.45) is 0 Å². The topological polar surface area (TPSA) is 109 Å². The van der Waals surface area contributed by atoms with Gasteiger partial charge >= 0.3 is 5.97 Å². The van der Waals surface area contributed by atoms with E-state index in [0.29, 0.717) is 23.1 Å². The third-order valence-electron chi connectivity index (χ3n) is 3.46. The fourth-order valence-electron chi connectivity index (χ4n) is 2.41. The molecule has 0 aliphatic carbocycles. The Morgan fingerprint density at radius 2 is 2.09 bits per heavy atom. The Kier molecular flexibility index (Phi) is 4.52. The lowest BCUT2D eigenvalue weighted by molar-refractivity contribution is 0.0697. The highest BCUT2D eigenvalue weighted by atomic mass is 35.5. The lowest BCUT2D eigenvalue weighted by Gasteiger charge is -2.13. The summed E-state index contributed by atoms with van der Waals surface area (Å²) in [5, 5.41) is 12.8. The van der Waals surface area contributed by atoms with Crippen LogP contribution in [0.15, 0.2) is 24.5 Å². The molecule has 2 N–H and O–H groups in total. The third kappa shape index (κ3) is 3.28. The number of hydrogen-bond donors (Lipinski definition) is 2. The van der Waals surface area contributed by atoms with Gasteiger partial charge in [-0.1, -0.05) is 0 Å². The molecule has 1 fully saturated rings. The van der Waals surface area contributed by atoms with E-state index >= 15 is 0 Å². The molecule has 118 valence electrons. The number of rotatable bonds is 3. The molecule has 1 aliphatic rings. The number of carboxylic acid groups (broad SMARTS) is 1. The zero-order valence-electron chi connectivity index (χ0n) is 11.4. The Labute approximate surface area is 133 Å². The first-order chi connectivity index (χ1) is 9.94. The van der Waals surface area contributed by atoms with Crippen molar-refractivity contribution in [1.29, 1.82) is 0 Å². The van der Waals surface area contributed by atoms with Gasteiger partial charge < -0.3 is 10.4 Å². The van der Waals surface area contributed by atoms with Gasteiger partial charge in [-0.3, -0.25) is 0 Å². The van der Waals surface area contributed by atoms with Crippen LogP contribution in [0, 0.1) is 0 Å². The van der Waals surface area contributed by atoms with Gasteiger partial charge in [0.05, 0.1) is 22.6 Å². The monoisotopic (exact) mass is 343 g/mol. The SMILES string of the molecule is Cl.O=C(O)c1ccc2c(NC3CCS(=O)(=O)C3)ncnc2c1. The number of fused-ring (bicyclic) bond motifs is 1. The predicted octanol–water partition coefficient (Wildman–Crippen LogP) is 1.35. The fourth-order valence-corrected chi connectivity index (χ4v) is 4.08. The van der Waals surface area contributed by atoms with Gasteiger partial charge in [0.25, 0.3) is 0 Å². The van der Waals surface area contributed by atoms with Gasteiger partial charge in [-0.25, -0.2) is 23.2 Å². The van der Waals surface area contributed by atoms with E-state index in [1.54, 1.807) is 6.07 Å². The van der Waals surface area contributed by atoms with Crippen LogP contribution in [-0.2, 0) is 9.84 Å². The first-order valence-corrected chi connectivity index (χ1v) is 8.22. The van der Waals surface area contributed by atoms with Gasteiger partial charge in [-0.2, -0.15) is 0 Å². The molecule has 0 bridgehead atoms. The van der Waals surface area contributed by atoms with Crippen molar-refractivity contribution in [2.75, 3.05) is 16.8 Å². The number of aromatic nitrogens is 2. The smallest absolute Gasteiger partial charge is 0.335 e. The van der Waals surface area contributed by atoms with Crippen LogP contribution in [0.4, 0.5) is 5.82 Å². The zero-order valence-corrected chi connectivity index (χ0v) is 13.0. The number of aromatic carboxylic acids is 1. The molecule has 1 aromatic carbocycles. The van der Waals surface area contributed by atoms with Gasteiger partial charge in [-0.15, -0.1) is 12.4 Å². The fraction of sp³-hybridized carbons (Fsp3) is 0.308. The molecule has 9 heteroatoms. The molecule has 22 heavy (non-hydrogen) atoms. The second-order valence-corrected chi connectivity index (χ2v) is 7.23. The Hall–Kier alpha value is -1.93. The molecule has 0 saturated carbocycles. The molecule has 1 atom stereocenters. The minimum Gasteiger partial charge on any atom is -0.478 e. The molecule has 1 aromatic heterocycles. The summed E-state index contributed by atoms with van der Waals surface area (Å²) in [6, 6.07) is 4.40. The minimum absolute atomic E-state index is 0. The lowest BCUT2D eigenvalue weighted by Crippen LogP contribution is -2.21. The molecule has 1 unspecified atom stereocenters. The molecule has 0 radical (unpaired) electrons. The Morgan fingerprint density at radius 1 is 1.32 bits per heavy atom. The molecule has 7 nitrogen and oxygen atoms in total. The average molecular weight is 344 g/mol. The molecular formula is C13H14ClN3O4S. The van der Waals surface area contributed by atoms with Crippen molar-refractivity contribution in [1.82, 2.24) is 9.97 Å². The minimum atomic E-state index is -2.97. The number of hydrogen-bond acceptors (Lipinski definition) is 6. The van der Waals surface area contributed by atoms with E-state index in [1.807, 2.05) is 0 Å². The van der Waals surface area contributed by atoms with E-state index in [1.165, 1.54) is 18.5 Å². The number of nitrogens with one attached hydrogen (secondary N) is 1. The Balaban J connectivity index is 0.00000176. The number of anilines is 1. The largest absolute Gasteiger partial charge is 0.478 e. The number of carbonyl (C=O) groups is 1. The van der Waals surface area contributed by atoms with Gasteiger partial charge in [0.1, 0.15) is 12.1 Å². The maximum Gasteiger partial charge on any atom is 0.335 e. The van der Waals surface area contributed by atoms with Crippen molar-refractivity contribution < 1.29 is 18.3 Å². The zero-order chi connectivity index (χ0) is 15.0. The van der Waals surface area contributed by atoms with Gasteiger partial charge in [0.15, 0.2) is 9.84 Å². The predicted molar refractivity (Wildman–Crippen MR) is 84.4 cm³/mol. The molecular weight excluding hydrogens is 330 g/mol. The number of halogens is 1. The van der Waals surface area contributed by atoms with E-state index in [9.17, 15) is 13.2 Å². The molecule has 0 amide bonds. The van der Waals surface area contributed by atoms with E-state index in [4.69, 9.17) is 5.11 Å². The summed E-state index contributed by atoms with van der Waals surface area (Å²) in [5.41, 5.74) is 0.656. The second-order valence-electron chi connectivity index (χ2n) is 5.00. The summed E-state index contributed by atoms with van der Waals surface area (Å²) >= 11 is 0. The first kappa shape index (κ1) is 16.4. The summed E-state index contributed by atoms with van der Waals surface area (Å²) in [4.78, 5) is 19.1. The van der Waals surface area contributed by atoms with E-state index in [-0.39, 0.29) is 35.5 Å². The van der Waals surface area contributed by atoms with E-state index in [2.05, 4.69) is 15.3 Å². The highest BCUT2D eigenvalue weighted by molar-refractivity contribution is 7.91. The average Bonchev–Trinajstić information content (AvgIpc) is 2.77. The van der Waals surface area contributed by atoms with Gasteiger partial charge in [0.2, 0.25) is 0 Å². The molecule has 2 aromatic rings. The quantitative estimate of drug-likeness (QED) is 0.865. The Bertz CT molecular complexity index is 825. The van der Waals surface area contributed by atoms with Gasteiger partial charge in [-0.05, 0) is 24.6 Å². The molecule has 3 rings (SSSR count). The van der Waals surface area contributed by atoms with Crippen molar-refractivity contribution in [3.63, 3.8) is 0 Å². The van der Waals surface area contributed by atoms with Crippen LogP contribution >= 0.6 is 12.4 Å². The molecule has 0 spiro atoms. The van der Waals surface area contributed by atoms with Crippen LogP contribution in [0.1, 0.15) is 16.8 Å².